The quantitative estimate of drug-likeness (QED) is 0.756. The lowest BCUT2D eigenvalue weighted by molar-refractivity contribution is 0.476. The van der Waals surface area contributed by atoms with Crippen molar-refractivity contribution in [3.8, 4) is 17.1 Å². The van der Waals surface area contributed by atoms with Crippen molar-refractivity contribution in [2.24, 2.45) is 0 Å². The van der Waals surface area contributed by atoms with Gasteiger partial charge in [0.2, 0.25) is 0 Å². The molecule has 0 spiro atoms. The molecule has 21 heavy (non-hydrogen) atoms. The van der Waals surface area contributed by atoms with Crippen molar-refractivity contribution >= 4 is 10.9 Å². The van der Waals surface area contributed by atoms with E-state index in [0.29, 0.717) is 28.2 Å². The normalized spacial score (nSPS) is 14.5. The van der Waals surface area contributed by atoms with Crippen molar-refractivity contribution in [3.05, 3.63) is 58.4 Å². The van der Waals surface area contributed by atoms with Crippen LogP contribution in [0, 0.1) is 0 Å². The molecule has 0 saturated heterocycles. The molecule has 3 aromatic rings. The zero-order valence-corrected chi connectivity index (χ0v) is 11.3. The Bertz CT molecular complexity index is 895. The van der Waals surface area contributed by atoms with Crippen LogP contribution in [-0.2, 0) is 0 Å². The molecule has 0 unspecified atom stereocenters. The molecule has 104 valence electrons. The predicted molar refractivity (Wildman–Crippen MR) is 81.4 cm³/mol. The number of aromatic nitrogens is 2. The van der Waals surface area contributed by atoms with Crippen LogP contribution in [0.3, 0.4) is 0 Å². The number of fused-ring (bicyclic) bond motifs is 1. The van der Waals surface area contributed by atoms with Crippen LogP contribution in [0.5, 0.6) is 5.75 Å². The van der Waals surface area contributed by atoms with Crippen molar-refractivity contribution in [2.45, 2.75) is 18.8 Å². The van der Waals surface area contributed by atoms with Crippen molar-refractivity contribution in [1.29, 1.82) is 0 Å². The third kappa shape index (κ3) is 2.09. The van der Waals surface area contributed by atoms with Gasteiger partial charge in [-0.1, -0.05) is 18.2 Å². The van der Waals surface area contributed by atoms with Gasteiger partial charge in [-0.15, -0.1) is 0 Å². The Morgan fingerprint density at radius 3 is 2.76 bits per heavy atom. The fourth-order valence-electron chi connectivity index (χ4n) is 2.63. The Balaban J connectivity index is 1.93. The van der Waals surface area contributed by atoms with E-state index in [0.717, 1.165) is 0 Å². The molecule has 0 aliphatic heterocycles. The maximum absolute atomic E-state index is 12.1. The Hall–Kier alpha value is -2.62. The second kappa shape index (κ2) is 4.45. The number of aromatic hydroxyl groups is 1. The SMILES string of the molecule is O=c1[nH]c(-c2cc(C3CC3)ccc2O)nc2ccccc12. The third-order valence-corrected chi connectivity index (χ3v) is 3.94. The fourth-order valence-corrected chi connectivity index (χ4v) is 2.63. The summed E-state index contributed by atoms with van der Waals surface area (Å²) in [6.45, 7) is 0. The van der Waals surface area contributed by atoms with Gasteiger partial charge in [-0.3, -0.25) is 4.79 Å². The highest BCUT2D eigenvalue weighted by molar-refractivity contribution is 5.80. The van der Waals surface area contributed by atoms with Gasteiger partial charge in [0.1, 0.15) is 11.6 Å². The highest BCUT2D eigenvalue weighted by Crippen LogP contribution is 2.42. The second-order valence-electron chi connectivity index (χ2n) is 5.48. The minimum Gasteiger partial charge on any atom is -0.507 e. The number of hydrogen-bond donors (Lipinski definition) is 2. The predicted octanol–water partition coefficient (Wildman–Crippen LogP) is 3.17. The average Bonchev–Trinajstić information content (AvgIpc) is 3.32. The molecule has 2 N–H and O–H groups in total. The van der Waals surface area contributed by atoms with Crippen molar-refractivity contribution < 1.29 is 5.11 Å². The minimum atomic E-state index is -0.188. The minimum absolute atomic E-state index is 0.137. The second-order valence-corrected chi connectivity index (χ2v) is 5.48. The maximum Gasteiger partial charge on any atom is 0.259 e. The molecule has 4 rings (SSSR count). The van der Waals surface area contributed by atoms with E-state index in [-0.39, 0.29) is 11.3 Å². The van der Waals surface area contributed by atoms with Crippen LogP contribution in [0.1, 0.15) is 24.3 Å². The van der Waals surface area contributed by atoms with Crippen molar-refractivity contribution in [1.82, 2.24) is 9.97 Å². The van der Waals surface area contributed by atoms with Crippen LogP contribution in [0.15, 0.2) is 47.3 Å². The van der Waals surface area contributed by atoms with E-state index in [1.54, 1.807) is 18.2 Å². The van der Waals surface area contributed by atoms with Gasteiger partial charge in [-0.25, -0.2) is 4.98 Å². The average molecular weight is 278 g/mol. The molecule has 1 heterocycles. The number of para-hydroxylation sites is 1. The molecule has 0 bridgehead atoms. The summed E-state index contributed by atoms with van der Waals surface area (Å²) in [7, 11) is 0. The number of phenolic OH excluding ortho intramolecular Hbond substituents is 1. The van der Waals surface area contributed by atoms with Gasteiger partial charge in [-0.2, -0.15) is 0 Å². The molecule has 1 aromatic heterocycles. The highest BCUT2D eigenvalue weighted by atomic mass is 16.3. The number of rotatable bonds is 2. The van der Waals surface area contributed by atoms with Crippen LogP contribution < -0.4 is 5.56 Å². The van der Waals surface area contributed by atoms with E-state index < -0.39 is 0 Å². The summed E-state index contributed by atoms with van der Waals surface area (Å²) >= 11 is 0. The smallest absolute Gasteiger partial charge is 0.259 e. The van der Waals surface area contributed by atoms with Gasteiger partial charge in [0.25, 0.3) is 5.56 Å². The topological polar surface area (TPSA) is 66.0 Å². The molecular weight excluding hydrogens is 264 g/mol. The molecule has 1 aliphatic rings. The molecule has 0 atom stereocenters. The van der Waals surface area contributed by atoms with E-state index in [2.05, 4.69) is 9.97 Å². The van der Waals surface area contributed by atoms with E-state index in [9.17, 15) is 9.90 Å². The standard InChI is InChI=1S/C17H14N2O2/c20-15-8-7-11(10-5-6-10)9-13(15)16-18-14-4-2-1-3-12(14)17(21)19-16/h1-4,7-10,20H,5-6H2,(H,18,19,21). The number of H-pyrrole nitrogens is 1. The lowest BCUT2D eigenvalue weighted by Crippen LogP contribution is -2.09. The summed E-state index contributed by atoms with van der Waals surface area (Å²) in [4.78, 5) is 19.4. The van der Waals surface area contributed by atoms with Crippen LogP contribution in [0.25, 0.3) is 22.3 Å². The zero-order chi connectivity index (χ0) is 14.4. The first kappa shape index (κ1) is 12.1. The number of phenols is 1. The van der Waals surface area contributed by atoms with Gasteiger partial charge < -0.3 is 10.1 Å². The molecule has 2 aromatic carbocycles. The molecular formula is C17H14N2O2. The molecule has 0 radical (unpaired) electrons. The van der Waals surface area contributed by atoms with Crippen LogP contribution in [-0.4, -0.2) is 15.1 Å². The van der Waals surface area contributed by atoms with E-state index in [1.807, 2.05) is 24.3 Å². The number of benzene rings is 2. The summed E-state index contributed by atoms with van der Waals surface area (Å²) in [5, 5.41) is 10.6. The monoisotopic (exact) mass is 278 g/mol. The summed E-state index contributed by atoms with van der Waals surface area (Å²) in [5.41, 5.74) is 2.22. The van der Waals surface area contributed by atoms with Crippen molar-refractivity contribution in [2.75, 3.05) is 0 Å². The largest absolute Gasteiger partial charge is 0.507 e. The molecule has 1 aliphatic carbocycles. The molecule has 0 amide bonds. The molecule has 4 heteroatoms. The maximum atomic E-state index is 12.1. The summed E-state index contributed by atoms with van der Waals surface area (Å²) in [6, 6.07) is 12.7. The molecule has 1 saturated carbocycles. The highest BCUT2D eigenvalue weighted by Gasteiger charge is 2.24. The Labute approximate surface area is 121 Å². The van der Waals surface area contributed by atoms with Gasteiger partial charge in [0.15, 0.2) is 0 Å². The fraction of sp³-hybridized carbons (Fsp3) is 0.176. The van der Waals surface area contributed by atoms with Gasteiger partial charge >= 0.3 is 0 Å². The lowest BCUT2D eigenvalue weighted by Gasteiger charge is -2.07. The summed E-state index contributed by atoms with van der Waals surface area (Å²) in [5.74, 6) is 1.13. The third-order valence-electron chi connectivity index (χ3n) is 3.94. The van der Waals surface area contributed by atoms with E-state index >= 15 is 0 Å². The number of nitrogens with one attached hydrogen (secondary N) is 1. The Morgan fingerprint density at radius 1 is 1.14 bits per heavy atom. The van der Waals surface area contributed by atoms with E-state index in [4.69, 9.17) is 0 Å². The van der Waals surface area contributed by atoms with Gasteiger partial charge in [0.05, 0.1) is 16.5 Å². The van der Waals surface area contributed by atoms with Crippen LogP contribution >= 0.6 is 0 Å². The number of aromatic amines is 1. The van der Waals surface area contributed by atoms with Crippen LogP contribution in [0.4, 0.5) is 0 Å². The van der Waals surface area contributed by atoms with Gasteiger partial charge in [-0.05, 0) is 48.6 Å². The number of nitrogens with zero attached hydrogens (tertiary/aromatic N) is 1. The first-order chi connectivity index (χ1) is 10.2. The van der Waals surface area contributed by atoms with E-state index in [1.165, 1.54) is 18.4 Å². The summed E-state index contributed by atoms with van der Waals surface area (Å²) in [6.07, 6.45) is 2.37. The Kier molecular flexibility index (Phi) is 2.57. The number of hydrogen-bond acceptors (Lipinski definition) is 3. The summed E-state index contributed by atoms with van der Waals surface area (Å²) < 4.78 is 0. The molecule has 1 fully saturated rings. The Morgan fingerprint density at radius 2 is 1.95 bits per heavy atom. The van der Waals surface area contributed by atoms with Crippen molar-refractivity contribution in [3.63, 3.8) is 0 Å². The first-order valence-electron chi connectivity index (χ1n) is 7.05. The van der Waals surface area contributed by atoms with Gasteiger partial charge in [0, 0.05) is 0 Å². The molecule has 4 nitrogen and oxygen atoms in total. The van der Waals surface area contributed by atoms with Crippen LogP contribution in [0.2, 0.25) is 0 Å². The lowest BCUT2D eigenvalue weighted by atomic mass is 10.1. The zero-order valence-electron chi connectivity index (χ0n) is 11.3. The first-order valence-corrected chi connectivity index (χ1v) is 7.05.